The molecule has 4 aliphatic heterocycles. The molecule has 0 bridgehead atoms. The molecule has 0 spiro atoms. The monoisotopic (exact) mass is 1210 g/mol. The smallest absolute Gasteiger partial charge is 0.326 e. The molecule has 16 N–H and O–H groups in total. The lowest BCUT2D eigenvalue weighted by molar-refractivity contribution is -0.152. The normalized spacial score (nSPS) is 20.8. The van der Waals surface area contributed by atoms with E-state index in [-0.39, 0.29) is 90.4 Å². The fraction of sp³-hybridized carbons (Fsp3) is 0.579. The van der Waals surface area contributed by atoms with Crippen LogP contribution in [-0.2, 0) is 75.2 Å². The third-order valence-electron chi connectivity index (χ3n) is 16.8. The van der Waals surface area contributed by atoms with E-state index < -0.39 is 150 Å². The lowest BCUT2D eigenvalue weighted by Gasteiger charge is -2.34. The van der Waals surface area contributed by atoms with E-state index in [1.54, 1.807) is 44.3 Å². The predicted octanol–water partition coefficient (Wildman–Crippen LogP) is -3.07. The maximum Gasteiger partial charge on any atom is 0.326 e. The molecular formula is C57H80N16O14. The number of carbonyl (C=O) groups excluding carboxylic acids is 12. The van der Waals surface area contributed by atoms with Crippen molar-refractivity contribution in [2.45, 2.75) is 177 Å². The van der Waals surface area contributed by atoms with Gasteiger partial charge in [0.25, 0.3) is 0 Å². The molecular weight excluding hydrogens is 1130 g/mol. The van der Waals surface area contributed by atoms with Crippen LogP contribution in [0.1, 0.15) is 115 Å². The number of primary amides is 3. The number of aliphatic carboxylic acids is 1. The number of nitrogens with zero attached hydrogens (tertiary/aromatic N) is 5. The number of imidazole rings is 1. The summed E-state index contributed by atoms with van der Waals surface area (Å²) in [5, 5.41) is 23.8. The maximum atomic E-state index is 15.0. The molecule has 30 heteroatoms. The summed E-state index contributed by atoms with van der Waals surface area (Å²) in [4.78, 5) is 192. The first-order valence-corrected chi connectivity index (χ1v) is 29.6. The Bertz CT molecular complexity index is 3060. The number of carbonyl (C=O) groups is 13. The van der Waals surface area contributed by atoms with Crippen molar-refractivity contribution in [3.05, 3.63) is 54.2 Å². The molecule has 0 unspecified atom stereocenters. The molecule has 3 aromatic rings. The van der Waals surface area contributed by atoms with E-state index in [0.717, 1.165) is 0 Å². The van der Waals surface area contributed by atoms with Crippen molar-refractivity contribution in [3.63, 3.8) is 0 Å². The lowest BCUT2D eigenvalue weighted by Crippen LogP contribution is -2.61. The van der Waals surface area contributed by atoms with Gasteiger partial charge in [-0.25, -0.2) is 9.78 Å². The van der Waals surface area contributed by atoms with Crippen LogP contribution >= 0.6 is 0 Å². The number of rotatable bonds is 29. The van der Waals surface area contributed by atoms with Crippen molar-refractivity contribution < 1.29 is 67.4 Å². The average Bonchev–Trinajstić information content (AvgIpc) is 3.45. The van der Waals surface area contributed by atoms with Gasteiger partial charge in [-0.2, -0.15) is 0 Å². The second-order valence-corrected chi connectivity index (χ2v) is 22.8. The number of para-hydroxylation sites is 1. The van der Waals surface area contributed by atoms with Crippen molar-refractivity contribution in [2.24, 2.45) is 28.9 Å². The van der Waals surface area contributed by atoms with Crippen LogP contribution in [0.3, 0.4) is 0 Å². The summed E-state index contributed by atoms with van der Waals surface area (Å²) >= 11 is 0. The molecule has 11 atom stereocenters. The summed E-state index contributed by atoms with van der Waals surface area (Å²) in [6, 6.07) is -5.63. The Labute approximate surface area is 501 Å². The molecule has 2 aromatic heterocycles. The lowest BCUT2D eigenvalue weighted by atomic mass is 9.96. The molecule has 0 radical (unpaired) electrons. The zero-order valence-electron chi connectivity index (χ0n) is 48.8. The number of nitrogens with one attached hydrogen (secondary N) is 7. The minimum atomic E-state index is -1.63. The summed E-state index contributed by atoms with van der Waals surface area (Å²) in [7, 11) is 0. The molecule has 0 saturated carbocycles. The Morgan fingerprint density at radius 2 is 1.14 bits per heavy atom. The first-order chi connectivity index (χ1) is 41.5. The highest BCUT2D eigenvalue weighted by Crippen LogP contribution is 2.29. The van der Waals surface area contributed by atoms with Crippen LogP contribution in [0.25, 0.3) is 10.9 Å². The van der Waals surface area contributed by atoms with Gasteiger partial charge in [0.1, 0.15) is 54.4 Å². The first-order valence-electron chi connectivity index (χ1n) is 29.6. The molecule has 4 saturated heterocycles. The van der Waals surface area contributed by atoms with Gasteiger partial charge in [-0.15, -0.1) is 0 Å². The van der Waals surface area contributed by atoms with Gasteiger partial charge in [0.2, 0.25) is 70.9 Å². The summed E-state index contributed by atoms with van der Waals surface area (Å²) < 4.78 is 0. The van der Waals surface area contributed by atoms with E-state index in [9.17, 15) is 67.4 Å². The van der Waals surface area contributed by atoms with Crippen LogP contribution in [0.2, 0.25) is 0 Å². The second-order valence-electron chi connectivity index (χ2n) is 22.8. The van der Waals surface area contributed by atoms with Gasteiger partial charge in [0.05, 0.1) is 18.8 Å². The van der Waals surface area contributed by atoms with Crippen molar-refractivity contribution in [3.8, 4) is 0 Å². The van der Waals surface area contributed by atoms with Gasteiger partial charge in [-0.3, -0.25) is 57.5 Å². The van der Waals surface area contributed by atoms with Crippen LogP contribution in [0.15, 0.2) is 43.0 Å². The average molecular weight is 1210 g/mol. The quantitative estimate of drug-likeness (QED) is 0.0328. The third kappa shape index (κ3) is 16.5. The van der Waals surface area contributed by atoms with Crippen LogP contribution in [0.5, 0.6) is 0 Å². The van der Waals surface area contributed by atoms with Crippen LogP contribution in [0, 0.1) is 5.92 Å². The fourth-order valence-corrected chi connectivity index (χ4v) is 11.9. The minimum Gasteiger partial charge on any atom is -0.480 e. The SMILES string of the molecule is CC[C@H](C)[C@H](NC(=O)[C@H](CCC(N)=O)NC(=O)[C@@H]1CCCN1C(=O)[C@H](Cc1cnc[nH]1)NC(=O)[C@@H]1CCCN1C(=O)[C@H](Cc1c[nH]c2ccccc12)NC(=O)[C@H](CC(N)=O)NC(=O)[C@@H](N)CCC(N)=O)C(=O)N1CCC[C@H]1C(=O)N1CCC[C@H]1C(=O)O. The second kappa shape index (κ2) is 29.9. The van der Waals surface area contributed by atoms with E-state index >= 15 is 0 Å². The van der Waals surface area contributed by atoms with E-state index in [1.807, 2.05) is 0 Å². The van der Waals surface area contributed by atoms with Gasteiger partial charge in [0.15, 0.2) is 0 Å². The van der Waals surface area contributed by atoms with Crippen molar-refractivity contribution in [1.82, 2.24) is 61.1 Å². The number of carboxylic acid groups (broad SMARTS) is 1. The van der Waals surface area contributed by atoms with Gasteiger partial charge < -0.3 is 84.2 Å². The zero-order chi connectivity index (χ0) is 63.2. The Hall–Kier alpha value is -8.96. The Balaban J connectivity index is 1.08. The summed E-state index contributed by atoms with van der Waals surface area (Å²) in [5.41, 5.74) is 23.9. The van der Waals surface area contributed by atoms with E-state index in [0.29, 0.717) is 54.3 Å². The Kier molecular flexibility index (Phi) is 22.5. The molecule has 30 nitrogen and oxygen atoms in total. The van der Waals surface area contributed by atoms with Crippen LogP contribution < -0.4 is 49.5 Å². The summed E-state index contributed by atoms with van der Waals surface area (Å²) in [5.74, 6) is -10.9. The van der Waals surface area contributed by atoms with E-state index in [1.165, 1.54) is 32.1 Å². The Morgan fingerprint density at radius 3 is 1.71 bits per heavy atom. The number of aromatic nitrogens is 3. The third-order valence-corrected chi connectivity index (χ3v) is 16.8. The number of amides is 12. The van der Waals surface area contributed by atoms with Crippen LogP contribution in [-0.4, -0.2) is 203 Å². The number of likely N-dealkylation sites (tertiary alicyclic amines) is 4. The number of H-pyrrole nitrogens is 2. The molecule has 4 aliphatic rings. The summed E-state index contributed by atoms with van der Waals surface area (Å²) in [6.07, 6.45) is 5.14. The van der Waals surface area contributed by atoms with E-state index in [4.69, 9.17) is 22.9 Å². The molecule has 1 aromatic carbocycles. The number of hydrogen-bond acceptors (Lipinski definition) is 15. The van der Waals surface area contributed by atoms with Gasteiger partial charge in [-0.1, -0.05) is 38.5 Å². The number of nitrogens with two attached hydrogens (primary N) is 4. The van der Waals surface area contributed by atoms with Gasteiger partial charge in [-0.05, 0) is 81.8 Å². The largest absolute Gasteiger partial charge is 0.480 e. The maximum absolute atomic E-state index is 15.0. The van der Waals surface area contributed by atoms with Crippen molar-refractivity contribution >= 4 is 87.8 Å². The minimum absolute atomic E-state index is 0.0316. The van der Waals surface area contributed by atoms with Crippen molar-refractivity contribution in [2.75, 3.05) is 26.2 Å². The standard InChI is InChI=1S/C57H80N16O14/c1-3-30(2)47(56(85)72-22-8-14-42(72)55(84)73-23-9-15-43(73)57(86)87)69-49(78)36(17-19-45(60)75)65-51(80)40-12-6-21-71(40)54(83)39(25-32-28-62-29-64-32)68-52(81)41-13-7-20-70(41)53(82)38(24-31-27-63-35-11-5-4-10-33(31)35)67-50(79)37(26-46(61)76)66-48(77)34(58)16-18-44(59)74/h4-5,10-11,27-30,34,36-43,47,63H,3,6-9,12-26,58H2,1-2H3,(H2,59,74)(H2,60,75)(H2,61,76)(H,62,64)(H,65,80)(H,66,77)(H,67,79)(H,68,81)(H,69,78)(H,86,87)/t30-,34-,36-,37-,38-,39-,40-,41-,42-,43-,47-/m0/s1. The Morgan fingerprint density at radius 1 is 0.609 bits per heavy atom. The molecule has 12 amide bonds. The highest BCUT2D eigenvalue weighted by atomic mass is 16.4. The number of hydrogen-bond donors (Lipinski definition) is 12. The van der Waals surface area contributed by atoms with Crippen LogP contribution in [0.4, 0.5) is 0 Å². The highest BCUT2D eigenvalue weighted by Gasteiger charge is 2.46. The van der Waals surface area contributed by atoms with Gasteiger partial charge >= 0.3 is 5.97 Å². The molecule has 7 rings (SSSR count). The number of benzene rings is 1. The van der Waals surface area contributed by atoms with Gasteiger partial charge in [0, 0.05) is 80.9 Å². The molecule has 472 valence electrons. The number of fused-ring (bicyclic) bond motifs is 1. The number of aromatic amines is 2. The van der Waals surface area contributed by atoms with Crippen molar-refractivity contribution in [1.29, 1.82) is 0 Å². The predicted molar refractivity (Wildman–Crippen MR) is 309 cm³/mol. The topological polar surface area (TPSA) is 464 Å². The molecule has 6 heterocycles. The molecule has 4 fully saturated rings. The first kappa shape index (κ1) is 65.6. The fourth-order valence-electron chi connectivity index (χ4n) is 11.9. The van der Waals surface area contributed by atoms with E-state index in [2.05, 4.69) is 41.5 Å². The molecule has 87 heavy (non-hydrogen) atoms. The summed E-state index contributed by atoms with van der Waals surface area (Å²) in [6.45, 7) is 3.99. The zero-order valence-corrected chi connectivity index (χ0v) is 48.8. The highest BCUT2D eigenvalue weighted by molar-refractivity contribution is 6.00. The number of carboxylic acids is 1. The molecule has 0 aliphatic carbocycles.